The molecule has 0 bridgehead atoms. The van der Waals surface area contributed by atoms with Crippen molar-refractivity contribution < 1.29 is 5.11 Å². The van der Waals surface area contributed by atoms with Crippen LogP contribution in [0.4, 0.5) is 11.1 Å². The van der Waals surface area contributed by atoms with E-state index in [1.807, 2.05) is 24.3 Å². The number of hydrogen-bond acceptors (Lipinski definition) is 5. The highest BCUT2D eigenvalue weighted by molar-refractivity contribution is 7.22. The molecule has 0 atom stereocenters. The fourth-order valence-electron chi connectivity index (χ4n) is 1.40. The zero-order valence-corrected chi connectivity index (χ0v) is 8.95. The van der Waals surface area contributed by atoms with Crippen LogP contribution in [0.25, 0.3) is 10.2 Å². The van der Waals surface area contributed by atoms with E-state index < -0.39 is 0 Å². The fourth-order valence-corrected chi connectivity index (χ4v) is 2.27. The molecule has 0 radical (unpaired) electrons. The van der Waals surface area contributed by atoms with E-state index in [4.69, 9.17) is 5.11 Å². The first-order valence-electron chi connectivity index (χ1n) is 4.68. The van der Waals surface area contributed by atoms with E-state index in [0.29, 0.717) is 5.95 Å². The van der Waals surface area contributed by atoms with Crippen molar-refractivity contribution in [3.05, 3.63) is 30.5 Å². The summed E-state index contributed by atoms with van der Waals surface area (Å²) in [6.07, 6.45) is 1.34. The fraction of sp³-hybridized carbons (Fsp3) is 0. The number of nitrogens with one attached hydrogen (secondary N) is 2. The molecule has 2 aromatic heterocycles. The zero-order chi connectivity index (χ0) is 11.0. The Balaban J connectivity index is 1.95. The molecule has 6 heteroatoms. The van der Waals surface area contributed by atoms with Gasteiger partial charge in [-0.3, -0.25) is 4.98 Å². The normalized spacial score (nSPS) is 10.8. The molecule has 3 N–H and O–H groups in total. The summed E-state index contributed by atoms with van der Waals surface area (Å²) >= 11 is 1.54. The maximum atomic E-state index is 9.10. The Labute approximate surface area is 94.8 Å². The molecule has 0 unspecified atom stereocenters. The van der Waals surface area contributed by atoms with E-state index in [2.05, 4.69) is 20.3 Å². The molecule has 5 nitrogen and oxygen atoms in total. The molecular weight excluding hydrogens is 224 g/mol. The van der Waals surface area contributed by atoms with Gasteiger partial charge < -0.3 is 10.4 Å². The molecule has 0 fully saturated rings. The summed E-state index contributed by atoms with van der Waals surface area (Å²) in [7, 11) is 0. The average Bonchev–Trinajstić information content (AvgIpc) is 2.84. The monoisotopic (exact) mass is 232 g/mol. The van der Waals surface area contributed by atoms with Crippen LogP contribution in [0.2, 0.25) is 0 Å². The first kappa shape index (κ1) is 9.17. The Hall–Kier alpha value is -2.08. The van der Waals surface area contributed by atoms with Gasteiger partial charge in [-0.1, -0.05) is 23.5 Å². The van der Waals surface area contributed by atoms with Gasteiger partial charge in [-0.2, -0.15) is 0 Å². The van der Waals surface area contributed by atoms with Gasteiger partial charge in [0, 0.05) is 0 Å². The molecule has 0 spiro atoms. The molecule has 3 rings (SSSR count). The summed E-state index contributed by atoms with van der Waals surface area (Å²) in [5.41, 5.74) is 0.950. The number of nitrogens with zero attached hydrogens (tertiary/aromatic N) is 2. The topological polar surface area (TPSA) is 73.8 Å². The highest BCUT2D eigenvalue weighted by Crippen LogP contribution is 2.27. The van der Waals surface area contributed by atoms with Crippen LogP contribution < -0.4 is 5.32 Å². The van der Waals surface area contributed by atoms with Crippen molar-refractivity contribution in [2.45, 2.75) is 0 Å². The van der Waals surface area contributed by atoms with Gasteiger partial charge in [0.1, 0.15) is 0 Å². The molecule has 0 aliphatic rings. The average molecular weight is 232 g/mol. The third-order valence-corrected chi connectivity index (χ3v) is 3.03. The number of para-hydroxylation sites is 1. The van der Waals surface area contributed by atoms with Gasteiger partial charge in [0.05, 0.1) is 16.4 Å². The van der Waals surface area contributed by atoms with Gasteiger partial charge >= 0.3 is 0 Å². The second-order valence-electron chi connectivity index (χ2n) is 3.23. The van der Waals surface area contributed by atoms with Crippen molar-refractivity contribution in [3.63, 3.8) is 0 Å². The van der Waals surface area contributed by atoms with Crippen LogP contribution in [0.1, 0.15) is 0 Å². The highest BCUT2D eigenvalue weighted by Gasteiger charge is 2.04. The van der Waals surface area contributed by atoms with Crippen LogP contribution in [-0.4, -0.2) is 20.1 Å². The first-order valence-corrected chi connectivity index (χ1v) is 5.49. The third-order valence-electron chi connectivity index (χ3n) is 2.08. The molecule has 0 aliphatic heterocycles. The third kappa shape index (κ3) is 1.59. The summed E-state index contributed by atoms with van der Waals surface area (Å²) in [4.78, 5) is 11.0. The van der Waals surface area contributed by atoms with E-state index in [1.54, 1.807) is 0 Å². The minimum Gasteiger partial charge on any atom is -0.493 e. The summed E-state index contributed by atoms with van der Waals surface area (Å²) in [6.45, 7) is 0. The van der Waals surface area contributed by atoms with Gasteiger partial charge in [-0.05, 0) is 12.1 Å². The largest absolute Gasteiger partial charge is 0.493 e. The summed E-state index contributed by atoms with van der Waals surface area (Å²) in [6, 6.07) is 7.89. The van der Waals surface area contributed by atoms with Crippen molar-refractivity contribution in [2.75, 3.05) is 5.32 Å². The number of rotatable bonds is 2. The number of hydrogen-bond donors (Lipinski definition) is 3. The number of benzene rings is 1. The van der Waals surface area contributed by atoms with Crippen molar-refractivity contribution in [2.24, 2.45) is 0 Å². The van der Waals surface area contributed by atoms with Crippen LogP contribution in [-0.2, 0) is 0 Å². The molecule has 2 heterocycles. The lowest BCUT2D eigenvalue weighted by atomic mass is 10.3. The van der Waals surface area contributed by atoms with E-state index in [1.165, 1.54) is 17.5 Å². The lowest BCUT2D eigenvalue weighted by Crippen LogP contribution is -1.90. The molecule has 0 saturated heterocycles. The molecule has 1 aromatic carbocycles. The summed E-state index contributed by atoms with van der Waals surface area (Å²) < 4.78 is 1.11. The molecule has 0 aliphatic carbocycles. The Morgan fingerprint density at radius 2 is 2.19 bits per heavy atom. The van der Waals surface area contributed by atoms with Gasteiger partial charge in [0.25, 0.3) is 0 Å². The predicted molar refractivity (Wildman–Crippen MR) is 63.2 cm³/mol. The van der Waals surface area contributed by atoms with Gasteiger partial charge in [-0.15, -0.1) is 0 Å². The minimum absolute atomic E-state index is 0.0311. The molecule has 80 valence electrons. The Bertz CT molecular complexity index is 597. The summed E-state index contributed by atoms with van der Waals surface area (Å²) in [5, 5.41) is 12.8. The van der Waals surface area contributed by atoms with Gasteiger partial charge in [-0.25, -0.2) is 9.97 Å². The van der Waals surface area contributed by atoms with Crippen molar-refractivity contribution >= 4 is 32.6 Å². The zero-order valence-electron chi connectivity index (χ0n) is 8.14. The van der Waals surface area contributed by atoms with Crippen molar-refractivity contribution in [1.82, 2.24) is 15.0 Å². The summed E-state index contributed by atoms with van der Waals surface area (Å²) in [5.74, 6) is 0.514. The SMILES string of the molecule is Oc1cnc(Nc2nc3ccccc3s2)[nH]1. The standard InChI is InChI=1S/C10H8N4OS/c15-8-5-11-9(13-8)14-10-12-6-3-1-2-4-7(6)16-10/h1-5,15H,(H2,11,12,13,14). The van der Waals surface area contributed by atoms with Crippen LogP contribution in [0.3, 0.4) is 0 Å². The number of fused-ring (bicyclic) bond motifs is 1. The van der Waals surface area contributed by atoms with Crippen LogP contribution in [0.15, 0.2) is 30.5 Å². The maximum absolute atomic E-state index is 9.10. The quantitative estimate of drug-likeness (QED) is 0.634. The number of aromatic nitrogens is 3. The molecular formula is C10H8N4OS. The van der Waals surface area contributed by atoms with Crippen LogP contribution in [0.5, 0.6) is 5.88 Å². The lowest BCUT2D eigenvalue weighted by Gasteiger charge is -1.94. The predicted octanol–water partition coefficient (Wildman–Crippen LogP) is 2.47. The number of anilines is 2. The maximum Gasteiger partial charge on any atom is 0.210 e. The number of imidazole rings is 1. The van der Waals surface area contributed by atoms with E-state index in [9.17, 15) is 0 Å². The second kappa shape index (κ2) is 3.49. The Kier molecular flexibility index (Phi) is 2.00. The Morgan fingerprint density at radius 1 is 1.31 bits per heavy atom. The first-order chi connectivity index (χ1) is 7.81. The number of thiazole rings is 1. The van der Waals surface area contributed by atoms with E-state index in [-0.39, 0.29) is 5.88 Å². The number of H-pyrrole nitrogens is 1. The smallest absolute Gasteiger partial charge is 0.210 e. The van der Waals surface area contributed by atoms with Crippen LogP contribution in [0, 0.1) is 0 Å². The highest BCUT2D eigenvalue weighted by atomic mass is 32.1. The molecule has 3 aromatic rings. The van der Waals surface area contributed by atoms with E-state index >= 15 is 0 Å². The Morgan fingerprint density at radius 3 is 2.94 bits per heavy atom. The van der Waals surface area contributed by atoms with Gasteiger partial charge in [0.2, 0.25) is 11.8 Å². The molecule has 0 saturated carbocycles. The molecule has 0 amide bonds. The van der Waals surface area contributed by atoms with Gasteiger partial charge in [0.15, 0.2) is 5.13 Å². The van der Waals surface area contributed by atoms with Crippen molar-refractivity contribution in [1.29, 1.82) is 0 Å². The van der Waals surface area contributed by atoms with Crippen molar-refractivity contribution in [3.8, 4) is 5.88 Å². The van der Waals surface area contributed by atoms with E-state index in [0.717, 1.165) is 15.3 Å². The number of aromatic hydroxyl groups is 1. The van der Waals surface area contributed by atoms with Crippen LogP contribution >= 0.6 is 11.3 Å². The lowest BCUT2D eigenvalue weighted by molar-refractivity contribution is 0.457. The minimum atomic E-state index is 0.0311. The number of aromatic amines is 1. The second-order valence-corrected chi connectivity index (χ2v) is 4.26. The molecule has 16 heavy (non-hydrogen) atoms.